The van der Waals surface area contributed by atoms with Crippen LogP contribution in [0.4, 0.5) is 0 Å². The molecule has 126 valence electrons. The highest BCUT2D eigenvalue weighted by Crippen LogP contribution is 2.50. The van der Waals surface area contributed by atoms with Gasteiger partial charge in [-0.2, -0.15) is 0 Å². The first kappa shape index (κ1) is 15.6. The van der Waals surface area contributed by atoms with Crippen molar-refractivity contribution in [3.8, 4) is 5.75 Å². The SMILES string of the molecule is Cc1nc(C)c(CN2C[C@@H]3c4ccccc4OC[C@]3(C(=O)O)C2)s1. The second-order valence-corrected chi connectivity index (χ2v) is 8.04. The Morgan fingerprint density at radius 1 is 1.46 bits per heavy atom. The second kappa shape index (κ2) is 5.57. The first-order chi connectivity index (χ1) is 11.5. The van der Waals surface area contributed by atoms with E-state index in [1.54, 1.807) is 11.3 Å². The number of carbonyl (C=O) groups is 1. The number of benzene rings is 1. The number of hydrogen-bond donors (Lipinski definition) is 1. The predicted octanol–water partition coefficient (Wildman–Crippen LogP) is 2.82. The van der Waals surface area contributed by atoms with E-state index in [4.69, 9.17) is 4.74 Å². The number of likely N-dealkylation sites (tertiary alicyclic amines) is 1. The summed E-state index contributed by atoms with van der Waals surface area (Å²) in [5.41, 5.74) is 1.21. The molecule has 1 aromatic carbocycles. The number of aryl methyl sites for hydroxylation is 2. The molecule has 2 atom stereocenters. The molecule has 0 saturated carbocycles. The van der Waals surface area contributed by atoms with Gasteiger partial charge in [0.05, 0.1) is 10.7 Å². The molecule has 2 aliphatic heterocycles. The van der Waals surface area contributed by atoms with Crippen molar-refractivity contribution < 1.29 is 14.6 Å². The fraction of sp³-hybridized carbons (Fsp3) is 0.444. The Morgan fingerprint density at radius 2 is 2.25 bits per heavy atom. The van der Waals surface area contributed by atoms with Crippen molar-refractivity contribution in [2.75, 3.05) is 19.7 Å². The minimum Gasteiger partial charge on any atom is -0.492 e. The molecular formula is C18H20N2O3S. The summed E-state index contributed by atoms with van der Waals surface area (Å²) in [6, 6.07) is 7.82. The van der Waals surface area contributed by atoms with Crippen LogP contribution in [-0.4, -0.2) is 40.7 Å². The van der Waals surface area contributed by atoms with Crippen molar-refractivity contribution in [1.82, 2.24) is 9.88 Å². The van der Waals surface area contributed by atoms with Crippen molar-refractivity contribution in [3.63, 3.8) is 0 Å². The lowest BCUT2D eigenvalue weighted by molar-refractivity contribution is -0.151. The Kier molecular flexibility index (Phi) is 3.62. The van der Waals surface area contributed by atoms with E-state index in [-0.39, 0.29) is 12.5 Å². The van der Waals surface area contributed by atoms with Crippen LogP contribution in [0.25, 0.3) is 0 Å². The van der Waals surface area contributed by atoms with E-state index in [0.29, 0.717) is 6.54 Å². The number of ether oxygens (including phenoxy) is 1. The van der Waals surface area contributed by atoms with Crippen molar-refractivity contribution >= 4 is 17.3 Å². The van der Waals surface area contributed by atoms with Crippen LogP contribution in [0, 0.1) is 19.3 Å². The van der Waals surface area contributed by atoms with Crippen molar-refractivity contribution in [2.45, 2.75) is 26.3 Å². The summed E-state index contributed by atoms with van der Waals surface area (Å²) >= 11 is 1.70. The van der Waals surface area contributed by atoms with Crippen LogP contribution in [0.3, 0.4) is 0 Å². The van der Waals surface area contributed by atoms with Crippen molar-refractivity contribution in [1.29, 1.82) is 0 Å². The molecule has 5 nitrogen and oxygen atoms in total. The third-order valence-electron chi connectivity index (χ3n) is 5.19. The molecule has 0 aliphatic carbocycles. The summed E-state index contributed by atoms with van der Waals surface area (Å²) in [5.74, 6) is 0.0297. The van der Waals surface area contributed by atoms with Crippen LogP contribution in [-0.2, 0) is 11.3 Å². The Balaban J connectivity index is 1.66. The molecule has 1 aromatic heterocycles. The van der Waals surface area contributed by atoms with Gasteiger partial charge in [-0.15, -0.1) is 11.3 Å². The normalized spacial score (nSPS) is 25.8. The third-order valence-corrected chi connectivity index (χ3v) is 6.24. The third kappa shape index (κ3) is 2.32. The number of thiazole rings is 1. The van der Waals surface area contributed by atoms with Gasteiger partial charge in [-0.3, -0.25) is 9.69 Å². The van der Waals surface area contributed by atoms with Crippen LogP contribution in [0.5, 0.6) is 5.75 Å². The number of aliphatic carboxylic acids is 1. The van der Waals surface area contributed by atoms with E-state index < -0.39 is 11.4 Å². The molecule has 2 aromatic rings. The van der Waals surface area contributed by atoms with Gasteiger partial charge in [0.1, 0.15) is 17.8 Å². The topological polar surface area (TPSA) is 62.7 Å². The van der Waals surface area contributed by atoms with Crippen LogP contribution < -0.4 is 4.74 Å². The summed E-state index contributed by atoms with van der Waals surface area (Å²) in [5, 5.41) is 11.0. The largest absolute Gasteiger partial charge is 0.492 e. The van der Waals surface area contributed by atoms with Gasteiger partial charge in [0, 0.05) is 30.4 Å². The average Bonchev–Trinajstić information content (AvgIpc) is 3.08. The fourth-order valence-corrected chi connectivity index (χ4v) is 4.96. The highest BCUT2D eigenvalue weighted by Gasteiger charge is 2.56. The molecule has 6 heteroatoms. The number of hydrogen-bond acceptors (Lipinski definition) is 5. The maximum absolute atomic E-state index is 12.1. The predicted molar refractivity (Wildman–Crippen MR) is 91.6 cm³/mol. The van der Waals surface area contributed by atoms with Gasteiger partial charge >= 0.3 is 5.97 Å². The van der Waals surface area contributed by atoms with Crippen LogP contribution in [0.15, 0.2) is 24.3 Å². The maximum atomic E-state index is 12.1. The number of para-hydroxylation sites is 1. The van der Waals surface area contributed by atoms with Gasteiger partial charge in [0.2, 0.25) is 0 Å². The first-order valence-electron chi connectivity index (χ1n) is 8.10. The van der Waals surface area contributed by atoms with Gasteiger partial charge in [-0.05, 0) is 25.5 Å². The van der Waals surface area contributed by atoms with E-state index in [1.165, 1.54) is 4.88 Å². The van der Waals surface area contributed by atoms with Crippen molar-refractivity contribution in [3.05, 3.63) is 45.4 Å². The summed E-state index contributed by atoms with van der Waals surface area (Å²) in [6.45, 7) is 6.27. The molecule has 1 saturated heterocycles. The van der Waals surface area contributed by atoms with E-state index in [0.717, 1.165) is 35.1 Å². The Labute approximate surface area is 144 Å². The molecule has 3 heterocycles. The Morgan fingerprint density at radius 3 is 2.96 bits per heavy atom. The number of carboxylic acids is 1. The van der Waals surface area contributed by atoms with E-state index >= 15 is 0 Å². The zero-order chi connectivity index (χ0) is 16.9. The highest BCUT2D eigenvalue weighted by molar-refractivity contribution is 7.11. The Hall–Kier alpha value is -1.92. The number of nitrogens with zero attached hydrogens (tertiary/aromatic N) is 2. The molecule has 0 radical (unpaired) electrons. The standard InChI is InChI=1S/C18H20N2O3S/c1-11-16(24-12(2)19-11)8-20-7-14-13-5-3-4-6-15(13)23-10-18(14,9-20)17(21)22/h3-6,14H,7-10H2,1-2H3,(H,21,22)/t14-,18-/m1/s1. The monoisotopic (exact) mass is 344 g/mol. The smallest absolute Gasteiger partial charge is 0.315 e. The molecule has 0 bridgehead atoms. The number of carboxylic acid groups (broad SMARTS) is 1. The van der Waals surface area contributed by atoms with Crippen LogP contribution in [0.2, 0.25) is 0 Å². The van der Waals surface area contributed by atoms with Gasteiger partial charge in [-0.1, -0.05) is 18.2 Å². The number of rotatable bonds is 3. The summed E-state index contributed by atoms with van der Waals surface area (Å²) in [4.78, 5) is 20.1. The van der Waals surface area contributed by atoms with Crippen LogP contribution in [0.1, 0.15) is 27.1 Å². The lowest BCUT2D eigenvalue weighted by Gasteiger charge is -2.35. The molecule has 0 spiro atoms. The van der Waals surface area contributed by atoms with E-state index in [2.05, 4.69) is 9.88 Å². The lowest BCUT2D eigenvalue weighted by atomic mass is 9.73. The molecule has 1 fully saturated rings. The number of fused-ring (bicyclic) bond motifs is 3. The molecule has 0 amide bonds. The molecule has 2 aliphatic rings. The maximum Gasteiger partial charge on any atom is 0.315 e. The minimum absolute atomic E-state index is 0.0331. The van der Waals surface area contributed by atoms with Gasteiger partial charge in [0.15, 0.2) is 0 Å². The van der Waals surface area contributed by atoms with Gasteiger partial charge in [0.25, 0.3) is 0 Å². The van der Waals surface area contributed by atoms with E-state index in [1.807, 2.05) is 38.1 Å². The van der Waals surface area contributed by atoms with Crippen LogP contribution >= 0.6 is 11.3 Å². The summed E-state index contributed by atoms with van der Waals surface area (Å²) < 4.78 is 5.81. The molecule has 1 N–H and O–H groups in total. The first-order valence-corrected chi connectivity index (χ1v) is 8.91. The Bertz CT molecular complexity index is 803. The average molecular weight is 344 g/mol. The van der Waals surface area contributed by atoms with E-state index in [9.17, 15) is 9.90 Å². The fourth-order valence-electron chi connectivity index (χ4n) is 3.98. The summed E-state index contributed by atoms with van der Waals surface area (Å²) in [6.07, 6.45) is 0. The zero-order valence-corrected chi connectivity index (χ0v) is 14.6. The summed E-state index contributed by atoms with van der Waals surface area (Å²) in [7, 11) is 0. The molecular weight excluding hydrogens is 324 g/mol. The quantitative estimate of drug-likeness (QED) is 0.928. The van der Waals surface area contributed by atoms with Gasteiger partial charge < -0.3 is 9.84 Å². The molecule has 4 rings (SSSR count). The van der Waals surface area contributed by atoms with Crippen molar-refractivity contribution in [2.24, 2.45) is 5.41 Å². The molecule has 0 unspecified atom stereocenters. The van der Waals surface area contributed by atoms with Gasteiger partial charge in [-0.25, -0.2) is 4.98 Å². The highest BCUT2D eigenvalue weighted by atomic mass is 32.1. The second-order valence-electron chi connectivity index (χ2n) is 6.75. The number of aromatic nitrogens is 1. The minimum atomic E-state index is -0.859. The lowest BCUT2D eigenvalue weighted by Crippen LogP contribution is -2.45. The molecule has 24 heavy (non-hydrogen) atoms. The zero-order valence-electron chi connectivity index (χ0n) is 13.8.